The van der Waals surface area contributed by atoms with E-state index >= 15 is 0 Å². The maximum Gasteiger partial charge on any atom is 0.305 e. The van der Waals surface area contributed by atoms with Crippen LogP contribution in [0, 0.1) is 11.8 Å². The molecule has 0 radical (unpaired) electrons. The summed E-state index contributed by atoms with van der Waals surface area (Å²) in [4.78, 5) is 11.2. The lowest BCUT2D eigenvalue weighted by atomic mass is 9.87. The van der Waals surface area contributed by atoms with Gasteiger partial charge in [-0.3, -0.25) is 4.79 Å². The summed E-state index contributed by atoms with van der Waals surface area (Å²) < 4.78 is 4.70. The summed E-state index contributed by atoms with van der Waals surface area (Å²) in [5, 5.41) is 9.89. The topological polar surface area (TPSA) is 46.5 Å². The maximum absolute atomic E-state index is 11.2. The van der Waals surface area contributed by atoms with Crippen LogP contribution in [0.15, 0.2) is 0 Å². The predicted molar refractivity (Wildman–Crippen MR) is 63.0 cm³/mol. The minimum atomic E-state index is -0.202. The van der Waals surface area contributed by atoms with Gasteiger partial charge < -0.3 is 9.84 Å². The van der Waals surface area contributed by atoms with Gasteiger partial charge in [0.1, 0.15) is 0 Å². The Bertz CT molecular complexity index is 215. The van der Waals surface area contributed by atoms with E-state index in [4.69, 9.17) is 4.74 Å². The van der Waals surface area contributed by atoms with Gasteiger partial charge in [0.05, 0.1) is 13.2 Å². The van der Waals surface area contributed by atoms with Crippen LogP contribution in [0.2, 0.25) is 0 Å². The van der Waals surface area contributed by atoms with E-state index in [1.165, 1.54) is 20.0 Å². The molecule has 1 N–H and O–H groups in total. The fraction of sp³-hybridized carbons (Fsp3) is 0.923. The zero-order chi connectivity index (χ0) is 12.0. The minimum Gasteiger partial charge on any atom is -0.469 e. The summed E-state index contributed by atoms with van der Waals surface area (Å²) in [5.41, 5.74) is 0. The Balaban J connectivity index is 2.39. The van der Waals surface area contributed by atoms with Gasteiger partial charge in [-0.1, -0.05) is 26.2 Å². The summed E-state index contributed by atoms with van der Waals surface area (Å²) >= 11 is 0. The molecule has 1 fully saturated rings. The second kappa shape index (κ2) is 6.89. The Labute approximate surface area is 98.2 Å². The van der Waals surface area contributed by atoms with Crippen molar-refractivity contribution in [2.24, 2.45) is 11.8 Å². The second-order valence-corrected chi connectivity index (χ2v) is 4.84. The van der Waals surface area contributed by atoms with Crippen LogP contribution >= 0.6 is 0 Å². The van der Waals surface area contributed by atoms with Gasteiger partial charge in [-0.05, 0) is 31.1 Å². The van der Waals surface area contributed by atoms with Gasteiger partial charge in [0, 0.05) is 6.42 Å². The molecule has 1 aliphatic carbocycles. The first-order valence-corrected chi connectivity index (χ1v) is 6.44. The van der Waals surface area contributed by atoms with Gasteiger partial charge in [0.2, 0.25) is 0 Å². The maximum atomic E-state index is 11.2. The number of ether oxygens (including phenoxy) is 1. The molecule has 0 amide bonds. The monoisotopic (exact) mass is 228 g/mol. The summed E-state index contributed by atoms with van der Waals surface area (Å²) in [6, 6.07) is 0. The van der Waals surface area contributed by atoms with Crippen molar-refractivity contribution in [3.63, 3.8) is 0 Å². The number of aliphatic hydroxyl groups is 1. The van der Waals surface area contributed by atoms with Crippen LogP contribution in [0.3, 0.4) is 0 Å². The molecule has 0 heterocycles. The number of unbranched alkanes of at least 4 members (excludes halogenated alkanes) is 2. The molecule has 0 saturated heterocycles. The number of carbonyl (C=O) groups excluding carboxylic acids is 1. The predicted octanol–water partition coefficient (Wildman–Crippen LogP) is 2.52. The van der Waals surface area contributed by atoms with E-state index in [1.807, 2.05) is 0 Å². The molecule has 0 aromatic heterocycles. The van der Waals surface area contributed by atoms with Crippen molar-refractivity contribution >= 4 is 5.97 Å². The van der Waals surface area contributed by atoms with Gasteiger partial charge in [-0.15, -0.1) is 0 Å². The summed E-state index contributed by atoms with van der Waals surface area (Å²) in [7, 11) is 1.43. The van der Waals surface area contributed by atoms with Gasteiger partial charge in [0.15, 0.2) is 0 Å². The molecule has 3 atom stereocenters. The molecule has 1 rings (SSSR count). The van der Waals surface area contributed by atoms with Gasteiger partial charge in [-0.25, -0.2) is 0 Å². The zero-order valence-corrected chi connectivity index (χ0v) is 10.4. The smallest absolute Gasteiger partial charge is 0.305 e. The highest BCUT2D eigenvalue weighted by molar-refractivity contribution is 5.69. The van der Waals surface area contributed by atoms with E-state index < -0.39 is 0 Å². The third kappa shape index (κ3) is 3.78. The van der Waals surface area contributed by atoms with Crippen LogP contribution in [0.25, 0.3) is 0 Å². The second-order valence-electron chi connectivity index (χ2n) is 4.84. The molecule has 0 aliphatic heterocycles. The average molecular weight is 228 g/mol. The van der Waals surface area contributed by atoms with Crippen LogP contribution in [-0.4, -0.2) is 24.3 Å². The lowest BCUT2D eigenvalue weighted by Crippen LogP contribution is -2.21. The molecule has 3 nitrogen and oxygen atoms in total. The van der Waals surface area contributed by atoms with Crippen molar-refractivity contribution in [2.75, 3.05) is 7.11 Å². The minimum absolute atomic E-state index is 0.139. The van der Waals surface area contributed by atoms with E-state index in [9.17, 15) is 9.90 Å². The van der Waals surface area contributed by atoms with E-state index in [2.05, 4.69) is 6.92 Å². The number of hydrogen-bond acceptors (Lipinski definition) is 3. The molecule has 1 aliphatic rings. The van der Waals surface area contributed by atoms with Gasteiger partial charge in [0.25, 0.3) is 0 Å². The molecule has 1 saturated carbocycles. The Kier molecular flexibility index (Phi) is 5.81. The Hall–Kier alpha value is -0.570. The van der Waals surface area contributed by atoms with Crippen LogP contribution in [0.5, 0.6) is 0 Å². The third-order valence-electron chi connectivity index (χ3n) is 3.73. The molecular weight excluding hydrogens is 204 g/mol. The molecular formula is C13H24O3. The van der Waals surface area contributed by atoms with E-state index in [-0.39, 0.29) is 12.1 Å². The molecule has 16 heavy (non-hydrogen) atoms. The van der Waals surface area contributed by atoms with Crippen LogP contribution in [-0.2, 0) is 9.53 Å². The van der Waals surface area contributed by atoms with Crippen molar-refractivity contribution in [1.29, 1.82) is 0 Å². The SMILES string of the molecule is CCCCC[C@H]1[C@H](CC(=O)OC)CC[C@H]1O. The molecule has 0 aromatic rings. The average Bonchev–Trinajstić information content (AvgIpc) is 2.61. The number of rotatable bonds is 6. The number of carbonyl (C=O) groups is 1. The molecule has 0 unspecified atom stereocenters. The lowest BCUT2D eigenvalue weighted by molar-refractivity contribution is -0.142. The highest BCUT2D eigenvalue weighted by Gasteiger charge is 2.35. The molecule has 0 bridgehead atoms. The van der Waals surface area contributed by atoms with Crippen molar-refractivity contribution in [1.82, 2.24) is 0 Å². The molecule has 3 heteroatoms. The van der Waals surface area contributed by atoms with Crippen molar-refractivity contribution in [3.8, 4) is 0 Å². The van der Waals surface area contributed by atoms with Crippen LogP contribution < -0.4 is 0 Å². The van der Waals surface area contributed by atoms with E-state index in [0.717, 1.165) is 25.7 Å². The normalized spacial score (nSPS) is 29.3. The summed E-state index contributed by atoms with van der Waals surface area (Å²) in [6.45, 7) is 2.18. The van der Waals surface area contributed by atoms with Crippen molar-refractivity contribution in [3.05, 3.63) is 0 Å². The largest absolute Gasteiger partial charge is 0.469 e. The first-order valence-electron chi connectivity index (χ1n) is 6.44. The van der Waals surface area contributed by atoms with Gasteiger partial charge >= 0.3 is 5.97 Å². The summed E-state index contributed by atoms with van der Waals surface area (Å²) in [6.07, 6.45) is 6.72. The Morgan fingerprint density at radius 3 is 2.75 bits per heavy atom. The highest BCUT2D eigenvalue weighted by Crippen LogP contribution is 2.37. The summed E-state index contributed by atoms with van der Waals surface area (Å²) in [5.74, 6) is 0.504. The van der Waals surface area contributed by atoms with Crippen LogP contribution in [0.4, 0.5) is 0 Å². The Morgan fingerprint density at radius 1 is 1.38 bits per heavy atom. The van der Waals surface area contributed by atoms with E-state index in [1.54, 1.807) is 0 Å². The number of hydrogen-bond donors (Lipinski definition) is 1. The number of aliphatic hydroxyl groups excluding tert-OH is 1. The van der Waals surface area contributed by atoms with Gasteiger partial charge in [-0.2, -0.15) is 0 Å². The Morgan fingerprint density at radius 2 is 2.12 bits per heavy atom. The highest BCUT2D eigenvalue weighted by atomic mass is 16.5. The van der Waals surface area contributed by atoms with E-state index in [0.29, 0.717) is 18.3 Å². The molecule has 0 spiro atoms. The zero-order valence-electron chi connectivity index (χ0n) is 10.4. The standard InChI is InChI=1S/C13H24O3/c1-3-4-5-6-11-10(7-8-12(11)14)9-13(15)16-2/h10-12,14H,3-9H2,1-2H3/t10-,11-,12+/m0/s1. The quantitative estimate of drug-likeness (QED) is 0.561. The fourth-order valence-electron chi connectivity index (χ4n) is 2.74. The lowest BCUT2D eigenvalue weighted by Gasteiger charge is -2.21. The first kappa shape index (κ1) is 13.5. The first-order chi connectivity index (χ1) is 7.69. The van der Waals surface area contributed by atoms with Crippen molar-refractivity contribution in [2.45, 2.75) is 58.0 Å². The third-order valence-corrected chi connectivity index (χ3v) is 3.73. The molecule has 0 aromatic carbocycles. The fourth-order valence-corrected chi connectivity index (χ4v) is 2.74. The molecule has 94 valence electrons. The van der Waals surface area contributed by atoms with Crippen molar-refractivity contribution < 1.29 is 14.6 Å². The van der Waals surface area contributed by atoms with Crippen LogP contribution in [0.1, 0.15) is 51.9 Å². The number of esters is 1. The number of methoxy groups -OCH3 is 1.